The van der Waals surface area contributed by atoms with Crippen LogP contribution in [0, 0.1) is 0 Å². The number of methoxy groups -OCH3 is 1. The minimum atomic E-state index is -0.480. The number of anilines is 3. The molecule has 2 atom stereocenters. The van der Waals surface area contributed by atoms with Crippen molar-refractivity contribution in [2.45, 2.75) is 18.6 Å². The molecule has 1 fully saturated rings. The molecule has 0 spiro atoms. The van der Waals surface area contributed by atoms with Crippen LogP contribution in [0.2, 0.25) is 0 Å². The lowest BCUT2D eigenvalue weighted by Crippen LogP contribution is -2.27. The fourth-order valence-corrected chi connectivity index (χ4v) is 2.73. The SMILES string of the molecule is CNc1cc(Nc2cccnc2OC)nc2c(C(=O)NC3CC3O)cnn12. The van der Waals surface area contributed by atoms with E-state index in [1.165, 1.54) is 13.3 Å². The smallest absolute Gasteiger partial charge is 0.257 e. The maximum Gasteiger partial charge on any atom is 0.257 e. The van der Waals surface area contributed by atoms with E-state index < -0.39 is 6.10 Å². The molecule has 3 aromatic heterocycles. The van der Waals surface area contributed by atoms with Crippen molar-refractivity contribution in [2.75, 3.05) is 24.8 Å². The summed E-state index contributed by atoms with van der Waals surface area (Å²) in [6, 6.07) is 5.15. The van der Waals surface area contributed by atoms with Crippen molar-refractivity contribution in [3.05, 3.63) is 36.2 Å². The van der Waals surface area contributed by atoms with E-state index in [0.29, 0.717) is 40.8 Å². The molecule has 10 nitrogen and oxygen atoms in total. The number of pyridine rings is 1. The third-order valence-corrected chi connectivity index (χ3v) is 4.27. The summed E-state index contributed by atoms with van der Waals surface area (Å²) in [6.45, 7) is 0. The van der Waals surface area contributed by atoms with Crippen LogP contribution in [-0.2, 0) is 0 Å². The molecule has 27 heavy (non-hydrogen) atoms. The molecule has 1 amide bonds. The number of ether oxygens (including phenoxy) is 1. The first-order valence-electron chi connectivity index (χ1n) is 8.42. The number of hydrogen-bond acceptors (Lipinski definition) is 8. The summed E-state index contributed by atoms with van der Waals surface area (Å²) >= 11 is 0. The second-order valence-electron chi connectivity index (χ2n) is 6.14. The van der Waals surface area contributed by atoms with Crippen LogP contribution in [0.15, 0.2) is 30.6 Å². The van der Waals surface area contributed by atoms with E-state index in [4.69, 9.17) is 4.74 Å². The molecule has 0 saturated heterocycles. The van der Waals surface area contributed by atoms with E-state index >= 15 is 0 Å². The van der Waals surface area contributed by atoms with Crippen molar-refractivity contribution in [3.63, 3.8) is 0 Å². The van der Waals surface area contributed by atoms with Crippen LogP contribution in [0.1, 0.15) is 16.8 Å². The number of rotatable bonds is 6. The predicted molar refractivity (Wildman–Crippen MR) is 98.5 cm³/mol. The normalized spacial score (nSPS) is 18.2. The summed E-state index contributed by atoms with van der Waals surface area (Å²) in [5, 5.41) is 22.6. The number of carbonyl (C=O) groups excluding carboxylic acids is 1. The molecule has 3 heterocycles. The lowest BCUT2D eigenvalue weighted by atomic mass is 10.3. The number of nitrogens with one attached hydrogen (secondary N) is 3. The monoisotopic (exact) mass is 369 g/mol. The van der Waals surface area contributed by atoms with Gasteiger partial charge in [-0.25, -0.2) is 9.97 Å². The molecule has 3 aromatic rings. The molecule has 0 radical (unpaired) electrons. The Morgan fingerprint density at radius 1 is 1.44 bits per heavy atom. The molecular formula is C17H19N7O3. The molecule has 4 N–H and O–H groups in total. The number of aliphatic hydroxyl groups excluding tert-OH is 1. The van der Waals surface area contributed by atoms with E-state index in [1.54, 1.807) is 29.9 Å². The van der Waals surface area contributed by atoms with Crippen molar-refractivity contribution in [2.24, 2.45) is 0 Å². The second-order valence-corrected chi connectivity index (χ2v) is 6.14. The van der Waals surface area contributed by atoms with Gasteiger partial charge in [0.25, 0.3) is 5.91 Å². The Morgan fingerprint density at radius 2 is 2.26 bits per heavy atom. The van der Waals surface area contributed by atoms with Gasteiger partial charge in [-0.15, -0.1) is 0 Å². The lowest BCUT2D eigenvalue weighted by Gasteiger charge is -2.12. The zero-order valence-electron chi connectivity index (χ0n) is 14.8. The van der Waals surface area contributed by atoms with E-state index in [1.807, 2.05) is 6.07 Å². The highest BCUT2D eigenvalue weighted by Crippen LogP contribution is 2.27. The van der Waals surface area contributed by atoms with E-state index in [0.717, 1.165) is 0 Å². The summed E-state index contributed by atoms with van der Waals surface area (Å²) in [6.07, 6.45) is 3.17. The Morgan fingerprint density at radius 3 is 2.96 bits per heavy atom. The van der Waals surface area contributed by atoms with Crippen LogP contribution in [0.4, 0.5) is 17.3 Å². The van der Waals surface area contributed by atoms with Gasteiger partial charge in [0.05, 0.1) is 25.5 Å². The van der Waals surface area contributed by atoms with Gasteiger partial charge in [0.2, 0.25) is 5.88 Å². The first-order chi connectivity index (χ1) is 13.1. The first kappa shape index (κ1) is 17.0. The van der Waals surface area contributed by atoms with Gasteiger partial charge in [-0.3, -0.25) is 4.79 Å². The fraction of sp³-hybridized carbons (Fsp3) is 0.294. The fourth-order valence-electron chi connectivity index (χ4n) is 2.73. The van der Waals surface area contributed by atoms with Crippen LogP contribution in [0.3, 0.4) is 0 Å². The van der Waals surface area contributed by atoms with Crippen LogP contribution < -0.4 is 20.7 Å². The van der Waals surface area contributed by atoms with Gasteiger partial charge in [0.1, 0.15) is 22.9 Å². The highest BCUT2D eigenvalue weighted by atomic mass is 16.5. The summed E-state index contributed by atoms with van der Waals surface area (Å²) in [5.41, 5.74) is 1.36. The van der Waals surface area contributed by atoms with Gasteiger partial charge in [-0.1, -0.05) is 0 Å². The van der Waals surface area contributed by atoms with Crippen LogP contribution in [0.5, 0.6) is 5.88 Å². The van der Waals surface area contributed by atoms with Crippen LogP contribution in [-0.4, -0.2) is 56.9 Å². The lowest BCUT2D eigenvalue weighted by molar-refractivity contribution is 0.0944. The standard InChI is InChI=1S/C17H19N7O3/c1-18-14-7-13(21-10-4-3-5-19-17(10)27-2)23-15-9(8-20-24(14)15)16(26)22-11-6-12(11)25/h3-5,7-8,11-12,18,25H,6H2,1-2H3,(H,21,23)(H,22,26). The first-order valence-corrected chi connectivity index (χ1v) is 8.42. The number of carbonyl (C=O) groups is 1. The molecule has 0 aromatic carbocycles. The maximum absolute atomic E-state index is 12.5. The zero-order valence-corrected chi connectivity index (χ0v) is 14.8. The largest absolute Gasteiger partial charge is 0.480 e. The van der Waals surface area contributed by atoms with Crippen molar-refractivity contribution in [3.8, 4) is 5.88 Å². The number of fused-ring (bicyclic) bond motifs is 1. The number of hydrogen-bond donors (Lipinski definition) is 4. The number of aliphatic hydroxyl groups is 1. The van der Waals surface area contributed by atoms with Crippen molar-refractivity contribution >= 4 is 28.9 Å². The molecule has 1 aliphatic carbocycles. The van der Waals surface area contributed by atoms with Crippen LogP contribution in [0.25, 0.3) is 5.65 Å². The van der Waals surface area contributed by atoms with Gasteiger partial charge in [0.15, 0.2) is 5.65 Å². The van der Waals surface area contributed by atoms with Gasteiger partial charge in [-0.05, 0) is 18.6 Å². The van der Waals surface area contributed by atoms with Gasteiger partial charge in [0, 0.05) is 19.3 Å². The van der Waals surface area contributed by atoms with Crippen molar-refractivity contribution < 1.29 is 14.6 Å². The summed E-state index contributed by atoms with van der Waals surface area (Å²) in [7, 11) is 3.29. The van der Waals surface area contributed by atoms with Gasteiger partial charge >= 0.3 is 0 Å². The Kier molecular flexibility index (Phi) is 4.24. The van der Waals surface area contributed by atoms with Crippen molar-refractivity contribution in [1.29, 1.82) is 0 Å². The molecule has 4 rings (SSSR count). The molecule has 0 aliphatic heterocycles. The average molecular weight is 369 g/mol. The molecular weight excluding hydrogens is 350 g/mol. The number of amides is 1. The molecule has 1 aliphatic rings. The van der Waals surface area contributed by atoms with Crippen LogP contribution >= 0.6 is 0 Å². The maximum atomic E-state index is 12.5. The number of aromatic nitrogens is 4. The Labute approximate surface area is 154 Å². The molecule has 2 unspecified atom stereocenters. The van der Waals surface area contributed by atoms with Crippen molar-refractivity contribution in [1.82, 2.24) is 24.9 Å². The third kappa shape index (κ3) is 3.22. The Hall–Kier alpha value is -3.40. The topological polar surface area (TPSA) is 126 Å². The summed E-state index contributed by atoms with van der Waals surface area (Å²) in [5.74, 6) is 1.26. The third-order valence-electron chi connectivity index (χ3n) is 4.27. The molecule has 140 valence electrons. The molecule has 1 saturated carbocycles. The average Bonchev–Trinajstić information content (AvgIpc) is 3.19. The van der Waals surface area contributed by atoms with Gasteiger partial charge < -0.3 is 25.8 Å². The van der Waals surface area contributed by atoms with E-state index in [-0.39, 0.29) is 11.9 Å². The van der Waals surface area contributed by atoms with E-state index in [2.05, 4.69) is 31.0 Å². The summed E-state index contributed by atoms with van der Waals surface area (Å²) < 4.78 is 6.79. The highest BCUT2D eigenvalue weighted by molar-refractivity contribution is 6.00. The molecule has 10 heteroatoms. The number of nitrogens with zero attached hydrogens (tertiary/aromatic N) is 4. The second kappa shape index (κ2) is 6.72. The minimum absolute atomic E-state index is 0.211. The molecule has 0 bridgehead atoms. The summed E-state index contributed by atoms with van der Waals surface area (Å²) in [4.78, 5) is 21.2. The van der Waals surface area contributed by atoms with E-state index in [9.17, 15) is 9.90 Å². The highest BCUT2D eigenvalue weighted by Gasteiger charge is 2.37. The predicted octanol–water partition coefficient (Wildman–Crippen LogP) is 0.781. The van der Waals surface area contributed by atoms with Gasteiger partial charge in [-0.2, -0.15) is 9.61 Å². The zero-order chi connectivity index (χ0) is 19.0. The Bertz CT molecular complexity index is 1000. The quantitative estimate of drug-likeness (QED) is 0.502. The minimum Gasteiger partial charge on any atom is -0.480 e. The Balaban J connectivity index is 1.71.